The molecule has 3 rings (SSSR count). The van der Waals surface area contributed by atoms with E-state index in [1.807, 2.05) is 25.2 Å². The van der Waals surface area contributed by atoms with Crippen molar-refractivity contribution in [3.8, 4) is 0 Å². The summed E-state index contributed by atoms with van der Waals surface area (Å²) in [5.41, 5.74) is 1.21. The number of hydrogen-bond donors (Lipinski definition) is 1. The third-order valence-electron chi connectivity index (χ3n) is 5.05. The van der Waals surface area contributed by atoms with Crippen LogP contribution in [0.15, 0.2) is 34.9 Å². The van der Waals surface area contributed by atoms with Crippen LogP contribution in [0, 0.1) is 5.92 Å². The van der Waals surface area contributed by atoms with E-state index < -0.39 is 0 Å². The summed E-state index contributed by atoms with van der Waals surface area (Å²) < 4.78 is 5.53. The molecule has 5 nitrogen and oxygen atoms in total. The Balaban J connectivity index is 1.53. The van der Waals surface area contributed by atoms with Gasteiger partial charge in [0.15, 0.2) is 5.82 Å². The second kappa shape index (κ2) is 8.40. The zero-order chi connectivity index (χ0) is 16.8. The molecule has 0 aliphatic carbocycles. The van der Waals surface area contributed by atoms with E-state index in [9.17, 15) is 0 Å². The fraction of sp³-hybridized carbons (Fsp3) is 0.579. The molecule has 5 heteroatoms. The van der Waals surface area contributed by atoms with Gasteiger partial charge in [-0.2, -0.15) is 4.98 Å². The minimum Gasteiger partial charge on any atom is -0.338 e. The van der Waals surface area contributed by atoms with Gasteiger partial charge in [0.1, 0.15) is 0 Å². The zero-order valence-corrected chi connectivity index (χ0v) is 14.7. The summed E-state index contributed by atoms with van der Waals surface area (Å²) in [6.45, 7) is 5.53. The van der Waals surface area contributed by atoms with Crippen LogP contribution < -0.4 is 5.32 Å². The van der Waals surface area contributed by atoms with Gasteiger partial charge >= 0.3 is 0 Å². The van der Waals surface area contributed by atoms with E-state index in [-0.39, 0.29) is 6.04 Å². The Bertz CT molecular complexity index is 605. The van der Waals surface area contributed by atoms with E-state index >= 15 is 0 Å². The van der Waals surface area contributed by atoms with Gasteiger partial charge in [-0.15, -0.1) is 0 Å². The highest BCUT2D eigenvalue weighted by atomic mass is 16.5. The van der Waals surface area contributed by atoms with Crippen molar-refractivity contribution < 1.29 is 4.52 Å². The van der Waals surface area contributed by atoms with Gasteiger partial charge < -0.3 is 9.84 Å². The Kier molecular flexibility index (Phi) is 5.99. The lowest BCUT2D eigenvalue weighted by atomic mass is 9.93. The molecule has 1 saturated heterocycles. The second-order valence-electron chi connectivity index (χ2n) is 6.76. The van der Waals surface area contributed by atoms with Gasteiger partial charge in [0.2, 0.25) is 5.89 Å². The molecule has 1 aromatic carbocycles. The molecular formula is C19H28N4O. The molecule has 1 unspecified atom stereocenters. The number of nitrogens with zero attached hydrogens (tertiary/aromatic N) is 3. The van der Waals surface area contributed by atoms with E-state index in [1.54, 1.807) is 0 Å². The zero-order valence-electron chi connectivity index (χ0n) is 14.7. The van der Waals surface area contributed by atoms with E-state index in [0.29, 0.717) is 0 Å². The van der Waals surface area contributed by atoms with Crippen LogP contribution >= 0.6 is 0 Å². The van der Waals surface area contributed by atoms with Crippen LogP contribution in [-0.4, -0.2) is 41.7 Å². The van der Waals surface area contributed by atoms with Crippen molar-refractivity contribution in [3.63, 3.8) is 0 Å². The van der Waals surface area contributed by atoms with Crippen molar-refractivity contribution in [2.24, 2.45) is 5.92 Å². The summed E-state index contributed by atoms with van der Waals surface area (Å²) in [5.74, 6) is 2.36. The lowest BCUT2D eigenvalue weighted by molar-refractivity contribution is 0.117. The highest BCUT2D eigenvalue weighted by molar-refractivity contribution is 5.18. The van der Waals surface area contributed by atoms with Gasteiger partial charge in [-0.05, 0) is 64.3 Å². The Hall–Kier alpha value is -1.72. The van der Waals surface area contributed by atoms with Crippen molar-refractivity contribution in [2.45, 2.75) is 38.6 Å². The van der Waals surface area contributed by atoms with Crippen molar-refractivity contribution in [2.75, 3.05) is 26.7 Å². The number of hydrogen-bond acceptors (Lipinski definition) is 5. The number of nitrogens with one attached hydrogen (secondary N) is 1. The molecule has 1 N–H and O–H groups in total. The van der Waals surface area contributed by atoms with Crippen LogP contribution in [0.1, 0.15) is 49.5 Å². The highest BCUT2D eigenvalue weighted by Crippen LogP contribution is 2.27. The summed E-state index contributed by atoms with van der Waals surface area (Å²) in [6.07, 6.45) is 4.53. The van der Waals surface area contributed by atoms with Gasteiger partial charge in [0, 0.05) is 6.42 Å². The Labute approximate surface area is 144 Å². The number of aromatic nitrogens is 2. The van der Waals surface area contributed by atoms with Gasteiger partial charge in [-0.1, -0.05) is 35.5 Å². The lowest BCUT2D eigenvalue weighted by Crippen LogP contribution is -2.36. The number of rotatable bonds is 7. The maximum Gasteiger partial charge on any atom is 0.243 e. The van der Waals surface area contributed by atoms with Crippen LogP contribution in [0.3, 0.4) is 0 Å². The first kappa shape index (κ1) is 17.1. The van der Waals surface area contributed by atoms with Crippen molar-refractivity contribution in [1.82, 2.24) is 20.4 Å². The third kappa shape index (κ3) is 4.42. The largest absolute Gasteiger partial charge is 0.338 e. The van der Waals surface area contributed by atoms with Crippen LogP contribution in [0.2, 0.25) is 0 Å². The van der Waals surface area contributed by atoms with Crippen LogP contribution in [-0.2, 0) is 6.42 Å². The van der Waals surface area contributed by atoms with Crippen LogP contribution in [0.5, 0.6) is 0 Å². The molecule has 0 radical (unpaired) electrons. The molecule has 1 atom stereocenters. The minimum atomic E-state index is 0.201. The van der Waals surface area contributed by atoms with E-state index in [4.69, 9.17) is 4.52 Å². The first-order chi connectivity index (χ1) is 11.8. The first-order valence-electron chi connectivity index (χ1n) is 9.01. The van der Waals surface area contributed by atoms with Gasteiger partial charge in [0.25, 0.3) is 0 Å². The molecular weight excluding hydrogens is 300 g/mol. The molecule has 0 spiro atoms. The monoisotopic (exact) mass is 328 g/mol. The summed E-state index contributed by atoms with van der Waals surface area (Å²) in [4.78, 5) is 7.09. The number of benzene rings is 1. The average molecular weight is 328 g/mol. The van der Waals surface area contributed by atoms with Gasteiger partial charge in [0.05, 0.1) is 6.04 Å². The summed E-state index contributed by atoms with van der Waals surface area (Å²) >= 11 is 0. The van der Waals surface area contributed by atoms with Gasteiger partial charge in [-0.3, -0.25) is 4.90 Å². The van der Waals surface area contributed by atoms with E-state index in [2.05, 4.69) is 39.4 Å². The minimum absolute atomic E-state index is 0.201. The summed E-state index contributed by atoms with van der Waals surface area (Å²) in [7, 11) is 2.03. The average Bonchev–Trinajstić information content (AvgIpc) is 3.09. The van der Waals surface area contributed by atoms with Crippen molar-refractivity contribution in [1.29, 1.82) is 0 Å². The molecule has 130 valence electrons. The summed E-state index contributed by atoms with van der Waals surface area (Å²) in [6, 6.07) is 10.5. The molecule has 1 aliphatic rings. The maximum absolute atomic E-state index is 5.53. The molecule has 0 saturated carbocycles. The van der Waals surface area contributed by atoms with Crippen molar-refractivity contribution in [3.05, 3.63) is 47.6 Å². The molecule has 24 heavy (non-hydrogen) atoms. The predicted molar refractivity (Wildman–Crippen MR) is 94.8 cm³/mol. The Morgan fingerprint density at radius 2 is 2.00 bits per heavy atom. The Morgan fingerprint density at radius 1 is 1.25 bits per heavy atom. The smallest absolute Gasteiger partial charge is 0.243 e. The summed E-state index contributed by atoms with van der Waals surface area (Å²) in [5, 5.41) is 7.41. The highest BCUT2D eigenvalue weighted by Gasteiger charge is 2.26. The van der Waals surface area contributed by atoms with Crippen LogP contribution in [0.4, 0.5) is 0 Å². The molecule has 2 heterocycles. The predicted octanol–water partition coefficient (Wildman–Crippen LogP) is 3.04. The molecule has 1 aromatic heterocycles. The molecule has 1 fully saturated rings. The quantitative estimate of drug-likeness (QED) is 0.846. The SMILES string of the molecule is CNCCC1CCN(C(C)c2nc(Cc3ccccc3)no2)CC1. The van der Waals surface area contributed by atoms with Gasteiger partial charge in [-0.25, -0.2) is 0 Å². The maximum atomic E-state index is 5.53. The fourth-order valence-electron chi connectivity index (χ4n) is 3.42. The lowest BCUT2D eigenvalue weighted by Gasteiger charge is -2.34. The molecule has 1 aliphatic heterocycles. The van der Waals surface area contributed by atoms with E-state index in [1.165, 1.54) is 24.8 Å². The standard InChI is InChI=1S/C19H28N4O/c1-15(23-12-9-16(10-13-23)8-11-20-2)19-21-18(22-24-19)14-17-6-4-3-5-7-17/h3-7,15-16,20H,8-14H2,1-2H3. The second-order valence-corrected chi connectivity index (χ2v) is 6.76. The normalized spacial score (nSPS) is 17.9. The fourth-order valence-corrected chi connectivity index (χ4v) is 3.42. The van der Waals surface area contributed by atoms with E-state index in [0.717, 1.165) is 43.7 Å². The molecule has 0 bridgehead atoms. The Morgan fingerprint density at radius 3 is 2.71 bits per heavy atom. The van der Waals surface area contributed by atoms with Crippen LogP contribution in [0.25, 0.3) is 0 Å². The third-order valence-corrected chi connectivity index (χ3v) is 5.05. The number of piperidine rings is 1. The topological polar surface area (TPSA) is 54.2 Å². The van der Waals surface area contributed by atoms with Crippen molar-refractivity contribution >= 4 is 0 Å². The number of likely N-dealkylation sites (tertiary alicyclic amines) is 1. The first-order valence-corrected chi connectivity index (χ1v) is 9.01. The molecule has 0 amide bonds. The molecule has 2 aromatic rings.